The quantitative estimate of drug-likeness (QED) is 0.0263. The summed E-state index contributed by atoms with van der Waals surface area (Å²) >= 11 is 0. The number of ether oxygens (including phenoxy) is 2. The zero-order valence-corrected chi connectivity index (χ0v) is 38.5. The SMILES string of the molecule is CCCCCCCC/C=C\CCCCCCCCCCCC(=O)NC(COC1OC(CO)C(O)C(O)C1O)C(O)CCCCCCCCCCCCCCCCCCC. The first kappa shape index (κ1) is 55.9. The van der Waals surface area contributed by atoms with Crippen molar-refractivity contribution in [2.75, 3.05) is 13.2 Å². The largest absolute Gasteiger partial charge is 0.394 e. The lowest BCUT2D eigenvalue weighted by atomic mass is 9.99. The fraction of sp³-hybridized carbons (Fsp3) is 0.940. The van der Waals surface area contributed by atoms with Gasteiger partial charge in [0.25, 0.3) is 0 Å². The molecule has 0 spiro atoms. The summed E-state index contributed by atoms with van der Waals surface area (Å²) in [5, 5.41) is 54.5. The Morgan fingerprint density at radius 2 is 0.949 bits per heavy atom. The molecule has 1 heterocycles. The predicted octanol–water partition coefficient (Wildman–Crippen LogP) is 11.3. The highest BCUT2D eigenvalue weighted by atomic mass is 16.7. The van der Waals surface area contributed by atoms with Crippen LogP contribution in [0.15, 0.2) is 12.2 Å². The molecule has 9 heteroatoms. The second kappa shape index (κ2) is 41.0. The van der Waals surface area contributed by atoms with E-state index in [0.29, 0.717) is 12.8 Å². The van der Waals surface area contributed by atoms with E-state index in [2.05, 4.69) is 31.3 Å². The van der Waals surface area contributed by atoms with Crippen LogP contribution in [0.2, 0.25) is 0 Å². The number of hydrogen-bond acceptors (Lipinski definition) is 8. The van der Waals surface area contributed by atoms with E-state index < -0.39 is 49.5 Å². The number of aliphatic hydroxyl groups is 5. The number of allylic oxidation sites excluding steroid dienone is 2. The van der Waals surface area contributed by atoms with Crippen LogP contribution in [-0.4, -0.2) is 87.5 Å². The minimum Gasteiger partial charge on any atom is -0.394 e. The van der Waals surface area contributed by atoms with Gasteiger partial charge < -0.3 is 40.3 Å². The third-order valence-corrected chi connectivity index (χ3v) is 12.4. The summed E-state index contributed by atoms with van der Waals surface area (Å²) in [6.45, 7) is 3.85. The molecule has 9 nitrogen and oxygen atoms in total. The standard InChI is InChI=1S/C50H97NO8/c1-3-5-7-9-11-13-15-17-19-21-22-24-26-28-30-32-34-36-38-40-46(54)51-43(42-58-50-49(57)48(56)47(55)45(41-52)59-50)44(53)39-37-35-33-31-29-27-25-23-20-18-16-14-12-10-8-6-4-2/h17,19,43-45,47-50,52-53,55-57H,3-16,18,20-42H2,1-2H3,(H,51,54)/b19-17-. The normalized spacial score (nSPS) is 20.7. The summed E-state index contributed by atoms with van der Waals surface area (Å²) < 4.78 is 11.3. The van der Waals surface area contributed by atoms with Crippen molar-refractivity contribution >= 4 is 5.91 Å². The number of carbonyl (C=O) groups excluding carboxylic acids is 1. The van der Waals surface area contributed by atoms with Gasteiger partial charge in [0, 0.05) is 6.42 Å². The molecule has 7 atom stereocenters. The molecule has 59 heavy (non-hydrogen) atoms. The Balaban J connectivity index is 2.27. The molecule has 7 unspecified atom stereocenters. The van der Waals surface area contributed by atoms with Crippen molar-refractivity contribution in [3.05, 3.63) is 12.2 Å². The number of aliphatic hydroxyl groups excluding tert-OH is 5. The summed E-state index contributed by atoms with van der Waals surface area (Å²) in [5.74, 6) is -0.144. The van der Waals surface area contributed by atoms with Gasteiger partial charge in [-0.05, 0) is 38.5 Å². The molecular formula is C50H97NO8. The average Bonchev–Trinajstić information content (AvgIpc) is 3.23. The van der Waals surface area contributed by atoms with Crippen LogP contribution in [0.3, 0.4) is 0 Å². The molecule has 1 aliphatic rings. The molecule has 1 saturated heterocycles. The number of unbranched alkanes of at least 4 members (excludes halogenated alkanes) is 31. The van der Waals surface area contributed by atoms with Gasteiger partial charge in [0.15, 0.2) is 6.29 Å². The molecule has 1 amide bonds. The van der Waals surface area contributed by atoms with Crippen molar-refractivity contribution in [3.63, 3.8) is 0 Å². The van der Waals surface area contributed by atoms with Gasteiger partial charge in [0.05, 0.1) is 25.4 Å². The van der Waals surface area contributed by atoms with E-state index in [0.717, 1.165) is 38.5 Å². The van der Waals surface area contributed by atoms with E-state index in [1.165, 1.54) is 180 Å². The Hall–Kier alpha value is -1.07. The third-order valence-electron chi connectivity index (χ3n) is 12.4. The highest BCUT2D eigenvalue weighted by molar-refractivity contribution is 5.76. The predicted molar refractivity (Wildman–Crippen MR) is 244 cm³/mol. The van der Waals surface area contributed by atoms with Crippen LogP contribution >= 0.6 is 0 Å². The van der Waals surface area contributed by atoms with Crippen LogP contribution in [-0.2, 0) is 14.3 Å². The maximum absolute atomic E-state index is 13.0. The van der Waals surface area contributed by atoms with Gasteiger partial charge in [-0.1, -0.05) is 212 Å². The molecule has 0 saturated carbocycles. The molecule has 0 aromatic heterocycles. The van der Waals surface area contributed by atoms with Crippen LogP contribution in [0, 0.1) is 0 Å². The van der Waals surface area contributed by atoms with E-state index >= 15 is 0 Å². The summed E-state index contributed by atoms with van der Waals surface area (Å²) in [7, 11) is 0. The second-order valence-corrected chi connectivity index (χ2v) is 18.0. The minimum atomic E-state index is -1.55. The van der Waals surface area contributed by atoms with Crippen molar-refractivity contribution in [2.24, 2.45) is 0 Å². The fourth-order valence-corrected chi connectivity index (χ4v) is 8.27. The van der Waals surface area contributed by atoms with Gasteiger partial charge in [0.2, 0.25) is 5.91 Å². The zero-order valence-electron chi connectivity index (χ0n) is 38.5. The average molecular weight is 840 g/mol. The summed E-state index contributed by atoms with van der Waals surface area (Å²) in [6, 6.07) is -0.716. The maximum Gasteiger partial charge on any atom is 0.220 e. The monoisotopic (exact) mass is 840 g/mol. The molecule has 350 valence electrons. The van der Waals surface area contributed by atoms with Crippen LogP contribution in [0.25, 0.3) is 0 Å². The molecular weight excluding hydrogens is 743 g/mol. The molecule has 0 aromatic carbocycles. The Labute approximate surface area is 363 Å². The van der Waals surface area contributed by atoms with Crippen molar-refractivity contribution < 1.29 is 39.8 Å². The Kier molecular flexibility index (Phi) is 38.9. The van der Waals surface area contributed by atoms with Gasteiger partial charge in [-0.15, -0.1) is 0 Å². The molecule has 1 aliphatic heterocycles. The van der Waals surface area contributed by atoms with Crippen LogP contribution in [0.4, 0.5) is 0 Å². The Morgan fingerprint density at radius 1 is 0.559 bits per heavy atom. The molecule has 0 aliphatic carbocycles. The van der Waals surface area contributed by atoms with E-state index in [9.17, 15) is 30.3 Å². The molecule has 6 N–H and O–H groups in total. The molecule has 0 radical (unpaired) electrons. The van der Waals surface area contributed by atoms with Crippen molar-refractivity contribution in [1.29, 1.82) is 0 Å². The lowest BCUT2D eigenvalue weighted by Gasteiger charge is -2.40. The fourth-order valence-electron chi connectivity index (χ4n) is 8.27. The van der Waals surface area contributed by atoms with Gasteiger partial charge in [-0.2, -0.15) is 0 Å². The first-order chi connectivity index (χ1) is 28.8. The van der Waals surface area contributed by atoms with E-state index in [1.807, 2.05) is 0 Å². The second-order valence-electron chi connectivity index (χ2n) is 18.0. The summed E-state index contributed by atoms with van der Waals surface area (Å²) in [4.78, 5) is 13.0. The first-order valence-electron chi connectivity index (χ1n) is 25.4. The van der Waals surface area contributed by atoms with Crippen LogP contribution in [0.5, 0.6) is 0 Å². The van der Waals surface area contributed by atoms with E-state index in [-0.39, 0.29) is 12.5 Å². The first-order valence-corrected chi connectivity index (χ1v) is 25.4. The van der Waals surface area contributed by atoms with Crippen LogP contribution in [0.1, 0.15) is 245 Å². The van der Waals surface area contributed by atoms with E-state index in [4.69, 9.17) is 9.47 Å². The lowest BCUT2D eigenvalue weighted by molar-refractivity contribution is -0.302. The van der Waals surface area contributed by atoms with Gasteiger partial charge >= 0.3 is 0 Å². The number of hydrogen-bond donors (Lipinski definition) is 6. The minimum absolute atomic E-state index is 0.135. The Morgan fingerprint density at radius 3 is 1.37 bits per heavy atom. The summed E-state index contributed by atoms with van der Waals surface area (Å²) in [6.07, 6.45) is 40.7. The van der Waals surface area contributed by atoms with Gasteiger partial charge in [-0.25, -0.2) is 0 Å². The Bertz CT molecular complexity index is 935. The zero-order chi connectivity index (χ0) is 43.0. The molecule has 0 aromatic rings. The van der Waals surface area contributed by atoms with Crippen LogP contribution < -0.4 is 5.32 Å². The number of rotatable bonds is 43. The molecule has 1 fully saturated rings. The smallest absolute Gasteiger partial charge is 0.220 e. The van der Waals surface area contributed by atoms with Crippen molar-refractivity contribution in [1.82, 2.24) is 5.32 Å². The van der Waals surface area contributed by atoms with Crippen molar-refractivity contribution in [3.8, 4) is 0 Å². The van der Waals surface area contributed by atoms with Crippen molar-refractivity contribution in [2.45, 2.75) is 288 Å². The molecule has 1 rings (SSSR count). The van der Waals surface area contributed by atoms with Gasteiger partial charge in [0.1, 0.15) is 24.4 Å². The molecule has 0 bridgehead atoms. The van der Waals surface area contributed by atoms with E-state index in [1.54, 1.807) is 0 Å². The number of amides is 1. The number of carbonyl (C=O) groups is 1. The number of nitrogens with one attached hydrogen (secondary N) is 1. The third kappa shape index (κ3) is 31.4. The highest BCUT2D eigenvalue weighted by Crippen LogP contribution is 2.23. The maximum atomic E-state index is 13.0. The lowest BCUT2D eigenvalue weighted by Crippen LogP contribution is -2.60. The summed E-state index contributed by atoms with van der Waals surface area (Å²) in [5.41, 5.74) is 0. The topological polar surface area (TPSA) is 149 Å². The highest BCUT2D eigenvalue weighted by Gasteiger charge is 2.44. The van der Waals surface area contributed by atoms with Gasteiger partial charge in [-0.3, -0.25) is 4.79 Å².